The molecule has 2 fully saturated rings. The monoisotopic (exact) mass is 346 g/mol. The van der Waals surface area contributed by atoms with Crippen LogP contribution in [0.15, 0.2) is 24.3 Å². The number of methoxy groups -OCH3 is 1. The van der Waals surface area contributed by atoms with Crippen LogP contribution in [0.3, 0.4) is 0 Å². The second kappa shape index (κ2) is 8.56. The Labute approximate surface area is 150 Å². The molecule has 1 saturated carbocycles. The Morgan fingerprint density at radius 3 is 2.64 bits per heavy atom. The molecule has 1 aliphatic carbocycles. The van der Waals surface area contributed by atoms with Crippen molar-refractivity contribution in [2.24, 2.45) is 0 Å². The van der Waals surface area contributed by atoms with E-state index in [-0.39, 0.29) is 11.4 Å². The molecule has 3 rings (SSSR count). The maximum atomic E-state index is 12.4. The quantitative estimate of drug-likeness (QED) is 0.859. The van der Waals surface area contributed by atoms with Gasteiger partial charge in [-0.2, -0.15) is 0 Å². The number of hydrogen-bond acceptors (Lipinski definition) is 3. The standard InChI is InChI=1S/C20H30N2O3/c1-24-18-10-6-5-9-17(18)20(11-13-25-14-12-20)15-21-19(23)22-16-7-3-2-4-8-16/h5-6,9-10,16H,2-4,7-8,11-15H2,1H3,(H2,21,22,23). The lowest BCUT2D eigenvalue weighted by Gasteiger charge is -2.38. The van der Waals surface area contributed by atoms with E-state index >= 15 is 0 Å². The van der Waals surface area contributed by atoms with E-state index in [4.69, 9.17) is 9.47 Å². The lowest BCUT2D eigenvalue weighted by Crippen LogP contribution is -2.49. The molecule has 5 heteroatoms. The molecule has 0 atom stereocenters. The molecule has 0 radical (unpaired) electrons. The third-order valence-electron chi connectivity index (χ3n) is 5.66. The van der Waals surface area contributed by atoms with Crippen LogP contribution in [0, 0.1) is 0 Å². The van der Waals surface area contributed by atoms with Crippen molar-refractivity contribution in [2.45, 2.75) is 56.4 Å². The molecule has 138 valence electrons. The molecule has 0 unspecified atom stereocenters. The van der Waals surface area contributed by atoms with Crippen LogP contribution in [-0.4, -0.2) is 38.9 Å². The highest BCUT2D eigenvalue weighted by Crippen LogP contribution is 2.39. The summed E-state index contributed by atoms with van der Waals surface area (Å²) in [5, 5.41) is 6.27. The summed E-state index contributed by atoms with van der Waals surface area (Å²) in [6, 6.07) is 8.41. The van der Waals surface area contributed by atoms with Gasteiger partial charge in [-0.15, -0.1) is 0 Å². The summed E-state index contributed by atoms with van der Waals surface area (Å²) in [6.07, 6.45) is 7.68. The first-order valence-corrected chi connectivity index (χ1v) is 9.49. The Hall–Kier alpha value is -1.75. The van der Waals surface area contributed by atoms with Gasteiger partial charge in [-0.1, -0.05) is 37.5 Å². The highest BCUT2D eigenvalue weighted by atomic mass is 16.5. The van der Waals surface area contributed by atoms with Crippen molar-refractivity contribution in [1.29, 1.82) is 0 Å². The van der Waals surface area contributed by atoms with Crippen LogP contribution in [-0.2, 0) is 10.2 Å². The van der Waals surface area contributed by atoms with Crippen molar-refractivity contribution in [3.8, 4) is 5.75 Å². The molecule has 1 heterocycles. The smallest absolute Gasteiger partial charge is 0.315 e. The zero-order valence-electron chi connectivity index (χ0n) is 15.2. The fourth-order valence-electron chi connectivity index (χ4n) is 4.12. The van der Waals surface area contributed by atoms with Crippen molar-refractivity contribution < 1.29 is 14.3 Å². The topological polar surface area (TPSA) is 59.6 Å². The van der Waals surface area contributed by atoms with E-state index < -0.39 is 0 Å². The zero-order valence-corrected chi connectivity index (χ0v) is 15.2. The van der Waals surface area contributed by atoms with Gasteiger partial charge in [0.05, 0.1) is 7.11 Å². The normalized spacial score (nSPS) is 20.7. The number of nitrogens with one attached hydrogen (secondary N) is 2. The number of benzene rings is 1. The van der Waals surface area contributed by atoms with Crippen molar-refractivity contribution in [2.75, 3.05) is 26.9 Å². The Kier molecular flexibility index (Phi) is 6.19. The molecule has 2 amide bonds. The van der Waals surface area contributed by atoms with Crippen LogP contribution in [0.2, 0.25) is 0 Å². The molecular formula is C20H30N2O3. The summed E-state index contributed by atoms with van der Waals surface area (Å²) in [4.78, 5) is 12.4. The number of amides is 2. The van der Waals surface area contributed by atoms with Crippen molar-refractivity contribution in [3.05, 3.63) is 29.8 Å². The Morgan fingerprint density at radius 1 is 1.20 bits per heavy atom. The molecule has 2 N–H and O–H groups in total. The summed E-state index contributed by atoms with van der Waals surface area (Å²) in [5.41, 5.74) is 1.04. The van der Waals surface area contributed by atoms with Crippen LogP contribution >= 0.6 is 0 Å². The maximum absolute atomic E-state index is 12.4. The Morgan fingerprint density at radius 2 is 1.92 bits per heavy atom. The van der Waals surface area contributed by atoms with Crippen LogP contribution in [0.5, 0.6) is 5.75 Å². The van der Waals surface area contributed by atoms with Gasteiger partial charge in [0.15, 0.2) is 0 Å². The molecule has 1 saturated heterocycles. The lowest BCUT2D eigenvalue weighted by atomic mass is 9.73. The number of urea groups is 1. The van der Waals surface area contributed by atoms with Gasteiger partial charge in [0, 0.05) is 36.8 Å². The van der Waals surface area contributed by atoms with Crippen LogP contribution in [0.1, 0.15) is 50.5 Å². The highest BCUT2D eigenvalue weighted by Gasteiger charge is 2.37. The summed E-state index contributed by atoms with van der Waals surface area (Å²) >= 11 is 0. The molecule has 1 aromatic rings. The lowest BCUT2D eigenvalue weighted by molar-refractivity contribution is 0.0498. The van der Waals surface area contributed by atoms with Gasteiger partial charge in [0.2, 0.25) is 0 Å². The number of carbonyl (C=O) groups is 1. The molecule has 25 heavy (non-hydrogen) atoms. The fourth-order valence-corrected chi connectivity index (χ4v) is 4.12. The number of para-hydroxylation sites is 1. The average Bonchev–Trinajstić information content (AvgIpc) is 2.68. The highest BCUT2D eigenvalue weighted by molar-refractivity contribution is 5.74. The largest absolute Gasteiger partial charge is 0.496 e. The second-order valence-corrected chi connectivity index (χ2v) is 7.25. The summed E-state index contributed by atoms with van der Waals surface area (Å²) < 4.78 is 11.2. The molecule has 0 bridgehead atoms. The predicted molar refractivity (Wildman–Crippen MR) is 98.1 cm³/mol. The molecule has 5 nitrogen and oxygen atoms in total. The molecule has 2 aliphatic rings. The SMILES string of the molecule is COc1ccccc1C1(CNC(=O)NC2CCCCC2)CCOCC1. The van der Waals surface area contributed by atoms with Gasteiger partial charge in [-0.25, -0.2) is 4.79 Å². The maximum Gasteiger partial charge on any atom is 0.315 e. The second-order valence-electron chi connectivity index (χ2n) is 7.25. The van der Waals surface area contributed by atoms with Gasteiger partial charge < -0.3 is 20.1 Å². The van der Waals surface area contributed by atoms with E-state index in [0.717, 1.165) is 31.4 Å². The molecule has 1 aliphatic heterocycles. The molecule has 0 aromatic heterocycles. The predicted octanol–water partition coefficient (Wildman–Crippen LogP) is 3.38. The minimum absolute atomic E-state index is 0.0485. The third kappa shape index (κ3) is 4.46. The zero-order chi connectivity index (χ0) is 17.5. The van der Waals surface area contributed by atoms with E-state index in [0.29, 0.717) is 25.8 Å². The van der Waals surface area contributed by atoms with Gasteiger partial charge in [0.25, 0.3) is 0 Å². The van der Waals surface area contributed by atoms with E-state index in [1.165, 1.54) is 24.8 Å². The average molecular weight is 346 g/mol. The number of carbonyl (C=O) groups excluding carboxylic acids is 1. The van der Waals surface area contributed by atoms with Gasteiger partial charge in [-0.05, 0) is 31.7 Å². The Bertz CT molecular complexity index is 564. The minimum atomic E-state index is -0.130. The number of rotatable bonds is 5. The van der Waals surface area contributed by atoms with E-state index in [2.05, 4.69) is 16.7 Å². The minimum Gasteiger partial charge on any atom is -0.496 e. The summed E-state index contributed by atoms with van der Waals surface area (Å²) in [6.45, 7) is 2.03. The Balaban J connectivity index is 1.67. The van der Waals surface area contributed by atoms with E-state index in [1.54, 1.807) is 7.11 Å². The molecule has 0 spiro atoms. The summed E-state index contributed by atoms with van der Waals surface area (Å²) in [5.74, 6) is 0.888. The first-order valence-electron chi connectivity index (χ1n) is 9.49. The van der Waals surface area contributed by atoms with E-state index in [9.17, 15) is 4.79 Å². The molecular weight excluding hydrogens is 316 g/mol. The first kappa shape index (κ1) is 18.1. The van der Waals surface area contributed by atoms with Gasteiger partial charge in [-0.3, -0.25) is 0 Å². The van der Waals surface area contributed by atoms with E-state index in [1.807, 2.05) is 18.2 Å². The van der Waals surface area contributed by atoms with Crippen molar-refractivity contribution in [3.63, 3.8) is 0 Å². The van der Waals surface area contributed by atoms with Crippen molar-refractivity contribution in [1.82, 2.24) is 10.6 Å². The number of ether oxygens (including phenoxy) is 2. The summed E-state index contributed by atoms with van der Waals surface area (Å²) in [7, 11) is 1.70. The first-order chi connectivity index (χ1) is 12.2. The van der Waals surface area contributed by atoms with Crippen molar-refractivity contribution >= 4 is 6.03 Å². The van der Waals surface area contributed by atoms with Crippen LogP contribution < -0.4 is 15.4 Å². The molecule has 1 aromatic carbocycles. The van der Waals surface area contributed by atoms with Crippen LogP contribution in [0.4, 0.5) is 4.79 Å². The number of hydrogen-bond donors (Lipinski definition) is 2. The van der Waals surface area contributed by atoms with Gasteiger partial charge in [0.1, 0.15) is 5.75 Å². The fraction of sp³-hybridized carbons (Fsp3) is 0.650. The third-order valence-corrected chi connectivity index (χ3v) is 5.66. The van der Waals surface area contributed by atoms with Gasteiger partial charge >= 0.3 is 6.03 Å². The van der Waals surface area contributed by atoms with Crippen LogP contribution in [0.25, 0.3) is 0 Å².